The van der Waals surface area contributed by atoms with Gasteiger partial charge in [-0.05, 0) is 38.1 Å². The van der Waals surface area contributed by atoms with E-state index in [0.717, 1.165) is 19.4 Å². The van der Waals surface area contributed by atoms with Gasteiger partial charge in [-0.3, -0.25) is 0 Å². The van der Waals surface area contributed by atoms with E-state index in [2.05, 4.69) is 5.32 Å². The minimum atomic E-state index is -3.00. The van der Waals surface area contributed by atoms with Gasteiger partial charge >= 0.3 is 0 Å². The lowest BCUT2D eigenvalue weighted by atomic mass is 9.98. The van der Waals surface area contributed by atoms with Gasteiger partial charge in [0, 0.05) is 19.1 Å². The van der Waals surface area contributed by atoms with Crippen molar-refractivity contribution in [2.45, 2.75) is 57.4 Å². The molecule has 0 aromatic rings. The molecule has 2 fully saturated rings. The molecule has 0 radical (unpaired) electrons. The van der Waals surface area contributed by atoms with E-state index in [1.165, 1.54) is 44.8 Å². The lowest BCUT2D eigenvalue weighted by Crippen LogP contribution is -2.44. The molecule has 1 heterocycles. The highest BCUT2D eigenvalue weighted by molar-refractivity contribution is 7.88. The molecule has 4 nitrogen and oxygen atoms in total. The van der Waals surface area contributed by atoms with E-state index < -0.39 is 10.0 Å². The fourth-order valence-electron chi connectivity index (χ4n) is 3.31. The topological polar surface area (TPSA) is 49.4 Å². The van der Waals surface area contributed by atoms with Crippen LogP contribution in [0.15, 0.2) is 0 Å². The second kappa shape index (κ2) is 7.04. The van der Waals surface area contributed by atoms with Gasteiger partial charge in [0.15, 0.2) is 0 Å². The van der Waals surface area contributed by atoms with Crippen LogP contribution in [-0.4, -0.2) is 44.7 Å². The Morgan fingerprint density at radius 2 is 1.74 bits per heavy atom. The molecule has 2 rings (SSSR count). The van der Waals surface area contributed by atoms with Crippen molar-refractivity contribution >= 4 is 10.0 Å². The maximum atomic E-state index is 11.6. The van der Waals surface area contributed by atoms with Crippen molar-refractivity contribution in [3.8, 4) is 0 Å². The molecule has 112 valence electrons. The Kier molecular flexibility index (Phi) is 5.66. The summed E-state index contributed by atoms with van der Waals surface area (Å²) in [6.45, 7) is 2.40. The van der Waals surface area contributed by atoms with Crippen molar-refractivity contribution in [2.24, 2.45) is 5.92 Å². The minimum absolute atomic E-state index is 0.492. The zero-order valence-corrected chi connectivity index (χ0v) is 12.9. The quantitative estimate of drug-likeness (QED) is 0.805. The smallest absolute Gasteiger partial charge is 0.211 e. The van der Waals surface area contributed by atoms with Crippen LogP contribution in [-0.2, 0) is 10.0 Å². The Hall–Kier alpha value is -0.130. The number of piperidine rings is 1. The van der Waals surface area contributed by atoms with Crippen molar-refractivity contribution < 1.29 is 8.42 Å². The van der Waals surface area contributed by atoms with Gasteiger partial charge in [-0.15, -0.1) is 0 Å². The van der Waals surface area contributed by atoms with Crippen molar-refractivity contribution in [2.75, 3.05) is 25.9 Å². The van der Waals surface area contributed by atoms with Crippen LogP contribution in [0.4, 0.5) is 0 Å². The third-order valence-electron chi connectivity index (χ3n) is 4.50. The number of nitrogens with zero attached hydrogens (tertiary/aromatic N) is 1. The lowest BCUT2D eigenvalue weighted by Gasteiger charge is -2.32. The summed E-state index contributed by atoms with van der Waals surface area (Å²) in [5.41, 5.74) is 0. The zero-order valence-electron chi connectivity index (χ0n) is 12.1. The molecule has 0 aromatic heterocycles. The molecule has 1 unspecified atom stereocenters. The van der Waals surface area contributed by atoms with E-state index in [-0.39, 0.29) is 0 Å². The fraction of sp³-hybridized carbons (Fsp3) is 1.00. The molecule has 1 atom stereocenters. The summed E-state index contributed by atoms with van der Waals surface area (Å²) in [7, 11) is -3.00. The predicted molar refractivity (Wildman–Crippen MR) is 78.6 cm³/mol. The molecule has 19 heavy (non-hydrogen) atoms. The van der Waals surface area contributed by atoms with E-state index in [4.69, 9.17) is 0 Å². The van der Waals surface area contributed by atoms with Crippen LogP contribution >= 0.6 is 0 Å². The summed E-state index contributed by atoms with van der Waals surface area (Å²) in [4.78, 5) is 0. The second-order valence-corrected chi connectivity index (χ2v) is 8.21. The summed E-state index contributed by atoms with van der Waals surface area (Å²) in [5, 5.41) is 3.68. The summed E-state index contributed by atoms with van der Waals surface area (Å²) < 4.78 is 24.8. The van der Waals surface area contributed by atoms with Gasteiger partial charge in [0.05, 0.1) is 6.26 Å². The Balaban J connectivity index is 1.76. The van der Waals surface area contributed by atoms with Crippen LogP contribution in [0.2, 0.25) is 0 Å². The van der Waals surface area contributed by atoms with Gasteiger partial charge < -0.3 is 5.32 Å². The number of hydrogen-bond donors (Lipinski definition) is 1. The minimum Gasteiger partial charge on any atom is -0.314 e. The molecule has 5 heteroatoms. The average Bonchev–Trinajstić information content (AvgIpc) is 2.64. The van der Waals surface area contributed by atoms with E-state index in [0.29, 0.717) is 25.0 Å². The molecular weight excluding hydrogens is 260 g/mol. The number of sulfonamides is 1. The normalized spacial score (nSPS) is 28.2. The maximum absolute atomic E-state index is 11.6. The van der Waals surface area contributed by atoms with Gasteiger partial charge in [0.2, 0.25) is 10.0 Å². The summed E-state index contributed by atoms with van der Waals surface area (Å²) in [6.07, 6.45) is 11.5. The van der Waals surface area contributed by atoms with Gasteiger partial charge in [0.1, 0.15) is 0 Å². The van der Waals surface area contributed by atoms with Gasteiger partial charge in [-0.2, -0.15) is 0 Å². The molecule has 1 saturated heterocycles. The number of rotatable bonds is 4. The Morgan fingerprint density at radius 1 is 1.05 bits per heavy atom. The van der Waals surface area contributed by atoms with Gasteiger partial charge in [-0.1, -0.05) is 25.7 Å². The average molecular weight is 288 g/mol. The number of nitrogens with one attached hydrogen (secondary N) is 1. The second-order valence-electron chi connectivity index (χ2n) is 6.23. The van der Waals surface area contributed by atoms with Crippen LogP contribution in [0.1, 0.15) is 51.4 Å². The highest BCUT2D eigenvalue weighted by atomic mass is 32.2. The first-order chi connectivity index (χ1) is 9.05. The molecule has 1 aliphatic heterocycles. The van der Waals surface area contributed by atoms with Crippen molar-refractivity contribution in [3.05, 3.63) is 0 Å². The lowest BCUT2D eigenvalue weighted by molar-refractivity contribution is 0.252. The first-order valence-electron chi connectivity index (χ1n) is 7.74. The summed E-state index contributed by atoms with van der Waals surface area (Å²) in [5.74, 6) is 0.492. The Bertz CT molecular complexity index is 362. The Morgan fingerprint density at radius 3 is 2.37 bits per heavy atom. The molecule has 1 aliphatic carbocycles. The predicted octanol–water partition coefficient (Wildman–Crippen LogP) is 1.97. The first-order valence-corrected chi connectivity index (χ1v) is 9.59. The third-order valence-corrected chi connectivity index (χ3v) is 5.77. The summed E-state index contributed by atoms with van der Waals surface area (Å²) in [6, 6.07) is 0.663. The summed E-state index contributed by atoms with van der Waals surface area (Å²) >= 11 is 0. The first kappa shape index (κ1) is 15.3. The van der Waals surface area contributed by atoms with Crippen molar-refractivity contribution in [3.63, 3.8) is 0 Å². The van der Waals surface area contributed by atoms with Crippen LogP contribution in [0.25, 0.3) is 0 Å². The zero-order chi connectivity index (χ0) is 13.7. The van der Waals surface area contributed by atoms with E-state index in [1.54, 1.807) is 4.31 Å². The van der Waals surface area contributed by atoms with E-state index >= 15 is 0 Å². The van der Waals surface area contributed by atoms with E-state index in [9.17, 15) is 8.42 Å². The van der Waals surface area contributed by atoms with Gasteiger partial charge in [0.25, 0.3) is 0 Å². The van der Waals surface area contributed by atoms with Crippen LogP contribution < -0.4 is 5.32 Å². The number of hydrogen-bond acceptors (Lipinski definition) is 3. The van der Waals surface area contributed by atoms with E-state index in [1.807, 2.05) is 0 Å². The van der Waals surface area contributed by atoms with Crippen LogP contribution in [0.5, 0.6) is 0 Å². The standard InChI is InChI=1S/C14H28N2O2S/c1-19(17,18)16-10-6-7-13(12-16)11-15-14-8-4-2-3-5-9-14/h13-15H,2-12H2,1H3. The van der Waals surface area contributed by atoms with Crippen molar-refractivity contribution in [1.29, 1.82) is 0 Å². The SMILES string of the molecule is CS(=O)(=O)N1CCCC(CNC2CCCCCC2)C1. The highest BCUT2D eigenvalue weighted by Crippen LogP contribution is 2.20. The van der Waals surface area contributed by atoms with Gasteiger partial charge in [-0.25, -0.2) is 12.7 Å². The van der Waals surface area contributed by atoms with Crippen LogP contribution in [0, 0.1) is 5.92 Å². The molecule has 0 amide bonds. The molecule has 0 spiro atoms. The largest absolute Gasteiger partial charge is 0.314 e. The molecule has 0 aromatic carbocycles. The fourth-order valence-corrected chi connectivity index (χ4v) is 4.25. The monoisotopic (exact) mass is 288 g/mol. The third kappa shape index (κ3) is 5.04. The molecule has 1 N–H and O–H groups in total. The molecule has 2 aliphatic rings. The van der Waals surface area contributed by atoms with Crippen molar-refractivity contribution in [1.82, 2.24) is 9.62 Å². The molecule has 0 bridgehead atoms. The molecular formula is C14H28N2O2S. The highest BCUT2D eigenvalue weighted by Gasteiger charge is 2.26. The van der Waals surface area contributed by atoms with Crippen LogP contribution in [0.3, 0.4) is 0 Å². The molecule has 1 saturated carbocycles. The maximum Gasteiger partial charge on any atom is 0.211 e. The Labute approximate surface area is 118 Å².